The van der Waals surface area contributed by atoms with Gasteiger partial charge >= 0.3 is 0 Å². The summed E-state index contributed by atoms with van der Waals surface area (Å²) in [5.41, 5.74) is 10.1. The van der Waals surface area contributed by atoms with Crippen LogP contribution in [-0.4, -0.2) is 41.3 Å². The maximum atomic E-state index is 9.45. The minimum atomic E-state index is 0.245. The maximum Gasteiger partial charge on any atom is 0.0925 e. The van der Waals surface area contributed by atoms with Crippen LogP contribution in [0.25, 0.3) is 22.3 Å². The molecule has 0 radical (unpaired) electrons. The van der Waals surface area contributed by atoms with Gasteiger partial charge in [-0.1, -0.05) is 43.0 Å². The highest BCUT2D eigenvalue weighted by atomic mass is 16.3. The lowest BCUT2D eigenvalue weighted by molar-refractivity contribution is 0.384. The lowest BCUT2D eigenvalue weighted by Crippen LogP contribution is -2.46. The van der Waals surface area contributed by atoms with E-state index in [0.717, 1.165) is 73.4 Å². The number of hydrogen-bond donors (Lipinski definition) is 1. The van der Waals surface area contributed by atoms with Crippen LogP contribution < -0.4 is 9.80 Å². The van der Waals surface area contributed by atoms with E-state index in [2.05, 4.69) is 78.8 Å². The number of allylic oxidation sites excluding steroid dienone is 1. The molecule has 0 saturated carbocycles. The van der Waals surface area contributed by atoms with Gasteiger partial charge in [0.25, 0.3) is 0 Å². The summed E-state index contributed by atoms with van der Waals surface area (Å²) in [6.07, 6.45) is 3.26. The largest absolute Gasteiger partial charge is 0.513 e. The average Bonchev–Trinajstić information content (AvgIpc) is 2.92. The molecule has 1 aromatic heterocycles. The predicted molar refractivity (Wildman–Crippen MR) is 155 cm³/mol. The van der Waals surface area contributed by atoms with Crippen LogP contribution >= 0.6 is 0 Å². The molecule has 5 nitrogen and oxygen atoms in total. The summed E-state index contributed by atoms with van der Waals surface area (Å²) in [4.78, 5) is 15.1. The summed E-state index contributed by atoms with van der Waals surface area (Å²) in [5.74, 6) is 0.245. The Morgan fingerprint density at radius 2 is 1.46 bits per heavy atom. The quantitative estimate of drug-likeness (QED) is 0.211. The molecule has 0 spiro atoms. The number of piperazine rings is 1. The van der Waals surface area contributed by atoms with Crippen molar-refractivity contribution in [3.8, 4) is 11.3 Å². The van der Waals surface area contributed by atoms with Crippen LogP contribution in [0.4, 0.5) is 11.4 Å². The van der Waals surface area contributed by atoms with Crippen LogP contribution in [0.15, 0.2) is 79.1 Å². The summed E-state index contributed by atoms with van der Waals surface area (Å²) in [6.45, 7) is 11.9. The van der Waals surface area contributed by atoms with Crippen molar-refractivity contribution >= 4 is 22.4 Å². The van der Waals surface area contributed by atoms with Gasteiger partial charge in [-0.15, -0.1) is 0 Å². The smallest absolute Gasteiger partial charge is 0.0925 e. The SMILES string of the molecule is C=C(O)CCCCc1nc2cc(N3CCN(c4ccc(C)c(C)c4)CC3)ccc2nc1-c1ccccc1. The van der Waals surface area contributed by atoms with Gasteiger partial charge in [-0.05, 0) is 74.6 Å². The Kier molecular flexibility index (Phi) is 7.40. The fourth-order valence-corrected chi connectivity index (χ4v) is 5.04. The highest BCUT2D eigenvalue weighted by molar-refractivity contribution is 5.82. The first-order chi connectivity index (χ1) is 18.0. The summed E-state index contributed by atoms with van der Waals surface area (Å²) in [5, 5.41) is 9.45. The molecule has 190 valence electrons. The highest BCUT2D eigenvalue weighted by Crippen LogP contribution is 2.28. The molecule has 37 heavy (non-hydrogen) atoms. The first-order valence-corrected chi connectivity index (χ1v) is 13.3. The molecular weight excluding hydrogens is 456 g/mol. The molecule has 3 aromatic carbocycles. The number of rotatable bonds is 8. The predicted octanol–water partition coefficient (Wildman–Crippen LogP) is 7.02. The Labute approximate surface area is 220 Å². The van der Waals surface area contributed by atoms with Crippen molar-refractivity contribution in [2.45, 2.75) is 39.5 Å². The number of benzene rings is 3. The zero-order chi connectivity index (χ0) is 25.8. The van der Waals surface area contributed by atoms with Crippen LogP contribution in [0, 0.1) is 13.8 Å². The fraction of sp³-hybridized carbons (Fsp3) is 0.312. The fourth-order valence-electron chi connectivity index (χ4n) is 5.04. The molecular formula is C32H36N4O. The molecule has 1 aliphatic rings. The zero-order valence-electron chi connectivity index (χ0n) is 22.0. The van der Waals surface area contributed by atoms with E-state index in [1.165, 1.54) is 22.5 Å². The van der Waals surface area contributed by atoms with Crippen LogP contribution in [-0.2, 0) is 6.42 Å². The van der Waals surface area contributed by atoms with Gasteiger partial charge in [0.1, 0.15) is 0 Å². The van der Waals surface area contributed by atoms with Gasteiger partial charge in [0, 0.05) is 49.5 Å². The second-order valence-electron chi connectivity index (χ2n) is 10.1. The summed E-state index contributed by atoms with van der Waals surface area (Å²) < 4.78 is 0. The van der Waals surface area contributed by atoms with E-state index in [1.807, 2.05) is 18.2 Å². The van der Waals surface area contributed by atoms with Gasteiger partial charge in [0.2, 0.25) is 0 Å². The van der Waals surface area contributed by atoms with Crippen LogP contribution in [0.1, 0.15) is 36.1 Å². The summed E-state index contributed by atoms with van der Waals surface area (Å²) >= 11 is 0. The molecule has 5 rings (SSSR count). The van der Waals surface area contributed by atoms with Gasteiger partial charge < -0.3 is 14.9 Å². The Bertz CT molecular complexity index is 1390. The Morgan fingerprint density at radius 1 is 0.784 bits per heavy atom. The topological polar surface area (TPSA) is 52.5 Å². The molecule has 5 heteroatoms. The molecule has 1 aliphatic heterocycles. The van der Waals surface area contributed by atoms with Crippen molar-refractivity contribution in [1.29, 1.82) is 0 Å². The first kappa shape index (κ1) is 24.8. The zero-order valence-corrected chi connectivity index (χ0v) is 22.0. The van der Waals surface area contributed by atoms with Crippen LogP contribution in [0.2, 0.25) is 0 Å². The second kappa shape index (κ2) is 11.0. The number of nitrogens with zero attached hydrogens (tertiary/aromatic N) is 4. The van der Waals surface area contributed by atoms with Gasteiger partial charge in [0.05, 0.1) is 28.2 Å². The first-order valence-electron chi connectivity index (χ1n) is 13.3. The standard InChI is InChI=1S/C32H36N4O/c1-23-13-14-27(21-24(23)2)35-17-19-36(20-18-35)28-15-16-29-31(22-28)33-30(12-8-7-9-25(3)37)32(34-29)26-10-5-4-6-11-26/h4-6,10-11,13-16,21-22,37H,3,7-9,12,17-20H2,1-2H3. The normalized spacial score (nSPS) is 13.8. The van der Waals surface area contributed by atoms with Crippen molar-refractivity contribution in [3.05, 3.63) is 95.9 Å². The number of aliphatic hydroxyl groups is 1. The molecule has 0 aliphatic carbocycles. The van der Waals surface area contributed by atoms with Gasteiger partial charge in [0.15, 0.2) is 0 Å². The molecule has 4 aromatic rings. The molecule has 1 N–H and O–H groups in total. The van der Waals surface area contributed by atoms with Crippen LogP contribution in [0.5, 0.6) is 0 Å². The average molecular weight is 493 g/mol. The number of fused-ring (bicyclic) bond motifs is 1. The molecule has 0 amide bonds. The Morgan fingerprint density at radius 3 is 2.14 bits per heavy atom. The maximum absolute atomic E-state index is 9.45. The summed E-state index contributed by atoms with van der Waals surface area (Å²) in [6, 6.07) is 23.6. The lowest BCUT2D eigenvalue weighted by Gasteiger charge is -2.37. The minimum absolute atomic E-state index is 0.245. The second-order valence-corrected chi connectivity index (χ2v) is 10.1. The number of aromatic nitrogens is 2. The van der Waals surface area contributed by atoms with E-state index in [1.54, 1.807) is 0 Å². The lowest BCUT2D eigenvalue weighted by atomic mass is 10.0. The van der Waals surface area contributed by atoms with Crippen molar-refractivity contribution in [3.63, 3.8) is 0 Å². The van der Waals surface area contributed by atoms with Crippen molar-refractivity contribution in [2.24, 2.45) is 0 Å². The molecule has 1 fully saturated rings. The molecule has 0 bridgehead atoms. The monoisotopic (exact) mass is 492 g/mol. The number of aryl methyl sites for hydroxylation is 3. The number of hydrogen-bond acceptors (Lipinski definition) is 5. The number of unbranched alkanes of at least 4 members (excludes halogenated alkanes) is 1. The van der Waals surface area contributed by atoms with E-state index < -0.39 is 0 Å². The number of anilines is 2. The molecule has 0 unspecified atom stereocenters. The van der Waals surface area contributed by atoms with Crippen molar-refractivity contribution in [2.75, 3.05) is 36.0 Å². The van der Waals surface area contributed by atoms with E-state index in [4.69, 9.17) is 9.97 Å². The summed E-state index contributed by atoms with van der Waals surface area (Å²) in [7, 11) is 0. The van der Waals surface area contributed by atoms with E-state index in [9.17, 15) is 5.11 Å². The Hall–Kier alpha value is -3.86. The third-order valence-corrected chi connectivity index (χ3v) is 7.40. The molecule has 1 saturated heterocycles. The van der Waals surface area contributed by atoms with Crippen molar-refractivity contribution < 1.29 is 5.11 Å². The van der Waals surface area contributed by atoms with Crippen LogP contribution in [0.3, 0.4) is 0 Å². The van der Waals surface area contributed by atoms with Gasteiger partial charge in [-0.3, -0.25) is 0 Å². The highest BCUT2D eigenvalue weighted by Gasteiger charge is 2.19. The van der Waals surface area contributed by atoms with Crippen molar-refractivity contribution in [1.82, 2.24) is 9.97 Å². The molecule has 2 heterocycles. The van der Waals surface area contributed by atoms with E-state index >= 15 is 0 Å². The third kappa shape index (κ3) is 5.77. The van der Waals surface area contributed by atoms with Gasteiger partial charge in [-0.25, -0.2) is 9.97 Å². The third-order valence-electron chi connectivity index (χ3n) is 7.40. The van der Waals surface area contributed by atoms with Gasteiger partial charge in [-0.2, -0.15) is 0 Å². The Balaban J connectivity index is 1.37. The minimum Gasteiger partial charge on any atom is -0.513 e. The van der Waals surface area contributed by atoms with E-state index in [0.29, 0.717) is 6.42 Å². The van der Waals surface area contributed by atoms with E-state index in [-0.39, 0.29) is 5.76 Å². The molecule has 0 atom stereocenters. The number of aliphatic hydroxyl groups excluding tert-OH is 1.